The van der Waals surface area contributed by atoms with Gasteiger partial charge in [-0.1, -0.05) is 11.6 Å². The van der Waals surface area contributed by atoms with Crippen molar-refractivity contribution < 1.29 is 31.8 Å². The average molecular weight is 542 g/mol. The second kappa shape index (κ2) is 10.9. The molecule has 1 aromatic carbocycles. The van der Waals surface area contributed by atoms with Gasteiger partial charge in [0.2, 0.25) is 0 Å². The van der Waals surface area contributed by atoms with E-state index in [1.165, 1.54) is 38.7 Å². The molecule has 3 aromatic rings. The van der Waals surface area contributed by atoms with E-state index in [1.54, 1.807) is 6.07 Å². The lowest BCUT2D eigenvalue weighted by Gasteiger charge is -2.19. The first kappa shape index (κ1) is 26.6. The number of H-pyrrole nitrogens is 1. The second-order valence-corrected chi connectivity index (χ2v) is 8.75. The zero-order chi connectivity index (χ0) is 26.7. The summed E-state index contributed by atoms with van der Waals surface area (Å²) in [7, 11) is 2.69. The number of likely N-dealkylation sites (N-methyl/N-ethyl adjacent to an activating group) is 1. The van der Waals surface area contributed by atoms with Crippen LogP contribution in [0.15, 0.2) is 30.6 Å². The predicted octanol–water partition coefficient (Wildman–Crippen LogP) is 4.78. The zero-order valence-corrected chi connectivity index (χ0v) is 20.7. The Hall–Kier alpha value is -3.51. The molecule has 0 radical (unpaired) electrons. The quantitative estimate of drug-likeness (QED) is 0.338. The van der Waals surface area contributed by atoms with Crippen molar-refractivity contribution in [3.05, 3.63) is 52.7 Å². The van der Waals surface area contributed by atoms with Gasteiger partial charge in [-0.3, -0.25) is 14.7 Å². The van der Waals surface area contributed by atoms with Gasteiger partial charge in [0, 0.05) is 37.0 Å². The van der Waals surface area contributed by atoms with E-state index in [1.807, 2.05) is 0 Å². The zero-order valence-electron chi connectivity index (χ0n) is 19.9. The van der Waals surface area contributed by atoms with Crippen molar-refractivity contribution in [2.45, 2.75) is 12.6 Å². The number of alkyl halides is 3. The maximum atomic E-state index is 14.0. The van der Waals surface area contributed by atoms with Crippen LogP contribution in [-0.2, 0) is 6.42 Å². The fraction of sp³-hybridized carbons (Fsp3) is 0.333. The first-order valence-electron chi connectivity index (χ1n) is 11.2. The number of benzene rings is 1. The number of hydrogen-bond donors (Lipinski definition) is 3. The highest BCUT2D eigenvalue weighted by Gasteiger charge is 2.30. The molecule has 0 aliphatic carbocycles. The van der Waals surface area contributed by atoms with Crippen LogP contribution in [0.1, 0.15) is 16.1 Å². The van der Waals surface area contributed by atoms with Crippen LogP contribution in [0.4, 0.5) is 28.9 Å². The summed E-state index contributed by atoms with van der Waals surface area (Å²) in [6.07, 6.45) is -0.821. The highest BCUT2D eigenvalue weighted by Crippen LogP contribution is 2.43. The molecule has 0 fully saturated rings. The van der Waals surface area contributed by atoms with Crippen molar-refractivity contribution in [1.82, 2.24) is 20.2 Å². The normalized spacial score (nSPS) is 13.4. The van der Waals surface area contributed by atoms with Gasteiger partial charge in [-0.15, -0.1) is 0 Å². The molecule has 3 heterocycles. The lowest BCUT2D eigenvalue weighted by atomic mass is 10.0. The molecule has 1 amide bonds. The van der Waals surface area contributed by atoms with Gasteiger partial charge in [-0.05, 0) is 25.2 Å². The summed E-state index contributed by atoms with van der Waals surface area (Å²) in [5.41, 5.74) is 2.72. The topological polar surface area (TPSA) is 91.5 Å². The summed E-state index contributed by atoms with van der Waals surface area (Å²) in [6, 6.07) is 4.26. The molecular formula is C24H24ClF4N5O3. The highest BCUT2D eigenvalue weighted by atomic mass is 35.5. The standard InChI is InChI=1S/C24H24ClF4N5O3/c1-34(12-24(27,28)29)9-10-37-17-11-30-7-5-13(17)20-21(18-15(32-20)6-8-31-23(18)35)33-16-4-3-14(26)19(25)22(16)36-2/h3-5,7,11,32-33H,6,8-10,12H2,1-2H3,(H,31,35). The number of carbonyl (C=O) groups excluding carboxylic acids is 1. The molecule has 0 atom stereocenters. The number of amides is 1. The van der Waals surface area contributed by atoms with Gasteiger partial charge in [-0.2, -0.15) is 13.2 Å². The summed E-state index contributed by atoms with van der Waals surface area (Å²) in [5, 5.41) is 5.72. The number of carbonyl (C=O) groups is 1. The number of nitrogens with one attached hydrogen (secondary N) is 3. The predicted molar refractivity (Wildman–Crippen MR) is 130 cm³/mol. The Bertz CT molecular complexity index is 1300. The molecule has 0 saturated carbocycles. The summed E-state index contributed by atoms with van der Waals surface area (Å²) >= 11 is 6.09. The number of fused-ring (bicyclic) bond motifs is 1. The highest BCUT2D eigenvalue weighted by molar-refractivity contribution is 6.32. The van der Waals surface area contributed by atoms with Crippen LogP contribution in [0, 0.1) is 5.82 Å². The van der Waals surface area contributed by atoms with Crippen LogP contribution in [0.25, 0.3) is 11.3 Å². The smallest absolute Gasteiger partial charge is 0.401 e. The molecule has 13 heteroatoms. The molecule has 0 spiro atoms. The summed E-state index contributed by atoms with van der Waals surface area (Å²) < 4.78 is 63.0. The van der Waals surface area contributed by atoms with E-state index in [4.69, 9.17) is 21.1 Å². The van der Waals surface area contributed by atoms with Crippen molar-refractivity contribution in [3.8, 4) is 22.8 Å². The minimum Gasteiger partial charge on any atom is -0.493 e. The van der Waals surface area contributed by atoms with Crippen molar-refractivity contribution in [1.29, 1.82) is 0 Å². The van der Waals surface area contributed by atoms with E-state index in [-0.39, 0.29) is 29.8 Å². The molecule has 3 N–H and O–H groups in total. The lowest BCUT2D eigenvalue weighted by molar-refractivity contribution is -0.143. The Morgan fingerprint density at radius 2 is 2.05 bits per heavy atom. The Labute approximate surface area is 214 Å². The summed E-state index contributed by atoms with van der Waals surface area (Å²) in [4.78, 5) is 21.3. The molecule has 0 unspecified atom stereocenters. The van der Waals surface area contributed by atoms with Crippen LogP contribution < -0.4 is 20.1 Å². The van der Waals surface area contributed by atoms with Crippen LogP contribution in [0.5, 0.6) is 11.5 Å². The number of pyridine rings is 1. The third-order valence-corrected chi connectivity index (χ3v) is 6.06. The van der Waals surface area contributed by atoms with Gasteiger partial charge in [0.25, 0.3) is 5.91 Å². The van der Waals surface area contributed by atoms with Crippen LogP contribution in [0.3, 0.4) is 0 Å². The van der Waals surface area contributed by atoms with E-state index in [9.17, 15) is 22.4 Å². The largest absolute Gasteiger partial charge is 0.493 e. The molecule has 8 nitrogen and oxygen atoms in total. The number of aromatic amines is 1. The van der Waals surface area contributed by atoms with Gasteiger partial charge in [-0.25, -0.2) is 4.39 Å². The molecule has 198 valence electrons. The van der Waals surface area contributed by atoms with E-state index in [2.05, 4.69) is 20.6 Å². The van der Waals surface area contributed by atoms with Gasteiger partial charge in [0.15, 0.2) is 5.75 Å². The van der Waals surface area contributed by atoms with E-state index < -0.39 is 18.5 Å². The molecule has 37 heavy (non-hydrogen) atoms. The third-order valence-electron chi connectivity index (χ3n) is 5.71. The van der Waals surface area contributed by atoms with Crippen LogP contribution in [0.2, 0.25) is 5.02 Å². The van der Waals surface area contributed by atoms with Crippen molar-refractivity contribution >= 4 is 28.9 Å². The van der Waals surface area contributed by atoms with E-state index in [0.717, 1.165) is 4.90 Å². The first-order chi connectivity index (χ1) is 17.6. The van der Waals surface area contributed by atoms with E-state index in [0.29, 0.717) is 52.6 Å². The van der Waals surface area contributed by atoms with Crippen molar-refractivity contribution in [2.75, 3.05) is 45.7 Å². The fourth-order valence-corrected chi connectivity index (χ4v) is 4.31. The maximum Gasteiger partial charge on any atom is 0.401 e. The molecule has 1 aliphatic heterocycles. The fourth-order valence-electron chi connectivity index (χ4n) is 4.07. The van der Waals surface area contributed by atoms with Gasteiger partial charge >= 0.3 is 6.18 Å². The number of anilines is 2. The molecular weight excluding hydrogens is 518 g/mol. The molecule has 0 bridgehead atoms. The Kier molecular flexibility index (Phi) is 7.79. The Balaban J connectivity index is 1.70. The van der Waals surface area contributed by atoms with Gasteiger partial charge in [0.1, 0.15) is 23.2 Å². The minimum atomic E-state index is -4.32. The molecule has 1 aliphatic rings. The van der Waals surface area contributed by atoms with Crippen molar-refractivity contribution in [2.24, 2.45) is 0 Å². The Morgan fingerprint density at radius 3 is 2.78 bits per heavy atom. The molecule has 0 saturated heterocycles. The van der Waals surface area contributed by atoms with Gasteiger partial charge in [0.05, 0.1) is 42.5 Å². The number of halogens is 5. The van der Waals surface area contributed by atoms with Crippen LogP contribution in [-0.4, -0.2) is 67.3 Å². The number of hydrogen-bond acceptors (Lipinski definition) is 6. The summed E-state index contributed by atoms with van der Waals surface area (Å²) in [6.45, 7) is -0.642. The summed E-state index contributed by atoms with van der Waals surface area (Å²) in [5.74, 6) is -0.631. The maximum absolute atomic E-state index is 14.0. The number of nitrogens with zero attached hydrogens (tertiary/aromatic N) is 2. The second-order valence-electron chi connectivity index (χ2n) is 8.37. The number of aromatic nitrogens is 2. The third kappa shape index (κ3) is 5.91. The Morgan fingerprint density at radius 1 is 1.27 bits per heavy atom. The van der Waals surface area contributed by atoms with Crippen molar-refractivity contribution in [3.63, 3.8) is 0 Å². The molecule has 2 aromatic heterocycles. The lowest BCUT2D eigenvalue weighted by Crippen LogP contribution is -2.33. The monoisotopic (exact) mass is 541 g/mol. The SMILES string of the molecule is COc1c(Nc2c(-c3ccncc3OCCN(C)CC(F)(F)F)[nH]c3c2C(=O)NCC3)ccc(F)c1Cl. The minimum absolute atomic E-state index is 0.0217. The van der Waals surface area contributed by atoms with Gasteiger partial charge < -0.3 is 25.1 Å². The number of rotatable bonds is 9. The average Bonchev–Trinajstić information content (AvgIpc) is 3.20. The number of methoxy groups -OCH3 is 1. The number of ether oxygens (including phenoxy) is 2. The first-order valence-corrected chi connectivity index (χ1v) is 11.6. The molecule has 4 rings (SSSR count). The van der Waals surface area contributed by atoms with Crippen LogP contribution >= 0.6 is 11.6 Å². The van der Waals surface area contributed by atoms with E-state index >= 15 is 0 Å².